The Hall–Kier alpha value is -0.120. The molecule has 2 unspecified atom stereocenters. The molecule has 0 aromatic rings. The fourth-order valence-electron chi connectivity index (χ4n) is 3.96. The van der Waals surface area contributed by atoms with Crippen LogP contribution in [0.25, 0.3) is 0 Å². The van der Waals surface area contributed by atoms with Gasteiger partial charge in [-0.2, -0.15) is 0 Å². The Morgan fingerprint density at radius 3 is 2.50 bits per heavy atom. The van der Waals surface area contributed by atoms with E-state index in [9.17, 15) is 0 Å². The second kappa shape index (κ2) is 6.36. The van der Waals surface area contributed by atoms with Crippen LogP contribution in [0.2, 0.25) is 0 Å². The van der Waals surface area contributed by atoms with E-state index < -0.39 is 0 Å². The lowest BCUT2D eigenvalue weighted by molar-refractivity contribution is 0.0374. The molecule has 1 N–H and O–H groups in total. The molecule has 2 atom stereocenters. The molecule has 0 radical (unpaired) electrons. The largest absolute Gasteiger partial charge is 0.379 e. The third kappa shape index (κ3) is 3.25. The summed E-state index contributed by atoms with van der Waals surface area (Å²) in [7, 11) is 0. The molecule has 3 fully saturated rings. The van der Waals surface area contributed by atoms with Crippen LogP contribution in [-0.2, 0) is 4.74 Å². The van der Waals surface area contributed by atoms with Crippen molar-refractivity contribution in [3.8, 4) is 0 Å². The fraction of sp³-hybridized carbons (Fsp3) is 1.00. The quantitative estimate of drug-likeness (QED) is 0.729. The van der Waals surface area contributed by atoms with Crippen LogP contribution in [0, 0.1) is 17.8 Å². The Labute approximate surface area is 111 Å². The average molecular weight is 252 g/mol. The monoisotopic (exact) mass is 252 g/mol. The van der Waals surface area contributed by atoms with Gasteiger partial charge in [0, 0.05) is 13.1 Å². The lowest BCUT2D eigenvalue weighted by atomic mass is 10.0. The molecular weight excluding hydrogens is 224 g/mol. The third-order valence-corrected chi connectivity index (χ3v) is 5.15. The van der Waals surface area contributed by atoms with Crippen molar-refractivity contribution in [1.29, 1.82) is 0 Å². The van der Waals surface area contributed by atoms with E-state index in [1.807, 2.05) is 0 Å². The molecule has 0 aromatic carbocycles. The number of hydrogen-bond acceptors (Lipinski definition) is 3. The number of morpholine rings is 1. The zero-order valence-electron chi connectivity index (χ0n) is 11.6. The molecule has 0 amide bonds. The summed E-state index contributed by atoms with van der Waals surface area (Å²) in [5.74, 6) is 3.24. The van der Waals surface area contributed by atoms with Crippen LogP contribution in [0.1, 0.15) is 32.1 Å². The highest BCUT2D eigenvalue weighted by Crippen LogP contribution is 2.54. The van der Waals surface area contributed by atoms with E-state index in [0.717, 1.165) is 44.1 Å². The highest BCUT2D eigenvalue weighted by atomic mass is 16.5. The van der Waals surface area contributed by atoms with Crippen molar-refractivity contribution in [2.75, 3.05) is 45.9 Å². The van der Waals surface area contributed by atoms with Gasteiger partial charge in [0.15, 0.2) is 0 Å². The summed E-state index contributed by atoms with van der Waals surface area (Å²) in [5, 5.41) is 3.69. The second-order valence-electron chi connectivity index (χ2n) is 6.29. The Bertz CT molecular complexity index is 241. The molecular formula is C15H28N2O. The van der Waals surface area contributed by atoms with Gasteiger partial charge in [-0.3, -0.25) is 4.90 Å². The van der Waals surface area contributed by atoms with Gasteiger partial charge in [0.05, 0.1) is 13.2 Å². The Morgan fingerprint density at radius 1 is 1.06 bits per heavy atom. The van der Waals surface area contributed by atoms with Crippen LogP contribution in [-0.4, -0.2) is 50.8 Å². The van der Waals surface area contributed by atoms with Crippen LogP contribution < -0.4 is 5.32 Å². The molecule has 2 aliphatic carbocycles. The van der Waals surface area contributed by atoms with Crippen LogP contribution in [0.3, 0.4) is 0 Å². The zero-order chi connectivity index (χ0) is 12.2. The molecule has 104 valence electrons. The van der Waals surface area contributed by atoms with Gasteiger partial charge in [0.2, 0.25) is 0 Å². The fourth-order valence-corrected chi connectivity index (χ4v) is 3.96. The molecule has 3 heteroatoms. The summed E-state index contributed by atoms with van der Waals surface area (Å²) in [6.07, 6.45) is 7.32. The first-order chi connectivity index (χ1) is 8.95. The van der Waals surface area contributed by atoms with Crippen molar-refractivity contribution in [3.05, 3.63) is 0 Å². The first-order valence-electron chi connectivity index (χ1n) is 7.96. The van der Waals surface area contributed by atoms with Crippen molar-refractivity contribution in [2.45, 2.75) is 32.1 Å². The minimum atomic E-state index is 0.929. The lowest BCUT2D eigenvalue weighted by Crippen LogP contribution is -2.37. The van der Waals surface area contributed by atoms with Gasteiger partial charge in [-0.15, -0.1) is 0 Å². The van der Waals surface area contributed by atoms with Crippen LogP contribution >= 0.6 is 0 Å². The molecule has 3 aliphatic rings. The molecule has 3 nitrogen and oxygen atoms in total. The Morgan fingerprint density at radius 2 is 1.78 bits per heavy atom. The maximum atomic E-state index is 5.36. The first kappa shape index (κ1) is 12.9. The van der Waals surface area contributed by atoms with Gasteiger partial charge in [0.1, 0.15) is 0 Å². The van der Waals surface area contributed by atoms with E-state index in [0.29, 0.717) is 0 Å². The molecule has 0 bridgehead atoms. The Kier molecular flexibility index (Phi) is 4.55. The minimum absolute atomic E-state index is 0.929. The molecule has 1 heterocycles. The van der Waals surface area contributed by atoms with Crippen molar-refractivity contribution < 1.29 is 4.74 Å². The molecule has 1 saturated heterocycles. The molecule has 18 heavy (non-hydrogen) atoms. The van der Waals surface area contributed by atoms with Gasteiger partial charge in [0.25, 0.3) is 0 Å². The maximum absolute atomic E-state index is 5.36. The molecule has 2 saturated carbocycles. The minimum Gasteiger partial charge on any atom is -0.379 e. The molecule has 0 aromatic heterocycles. The highest BCUT2D eigenvalue weighted by Gasteiger charge is 2.49. The normalized spacial score (nSPS) is 36.3. The van der Waals surface area contributed by atoms with Crippen LogP contribution in [0.4, 0.5) is 0 Å². The summed E-state index contributed by atoms with van der Waals surface area (Å²) in [6, 6.07) is 0. The highest BCUT2D eigenvalue weighted by molar-refractivity contribution is 4.99. The number of ether oxygens (including phenoxy) is 1. The number of rotatable bonds is 6. The summed E-state index contributed by atoms with van der Waals surface area (Å²) in [4.78, 5) is 2.53. The van der Waals surface area contributed by atoms with E-state index in [4.69, 9.17) is 4.74 Å². The van der Waals surface area contributed by atoms with E-state index in [1.54, 1.807) is 0 Å². The topological polar surface area (TPSA) is 24.5 Å². The average Bonchev–Trinajstić information content (AvgIpc) is 3.13. The van der Waals surface area contributed by atoms with Gasteiger partial charge < -0.3 is 10.1 Å². The van der Waals surface area contributed by atoms with Gasteiger partial charge in [-0.25, -0.2) is 0 Å². The van der Waals surface area contributed by atoms with E-state index >= 15 is 0 Å². The van der Waals surface area contributed by atoms with Gasteiger partial charge in [-0.05, 0) is 56.7 Å². The van der Waals surface area contributed by atoms with Crippen molar-refractivity contribution in [3.63, 3.8) is 0 Å². The van der Waals surface area contributed by atoms with Gasteiger partial charge in [-0.1, -0.05) is 12.8 Å². The van der Waals surface area contributed by atoms with E-state index in [1.165, 1.54) is 51.7 Å². The first-order valence-corrected chi connectivity index (χ1v) is 7.96. The van der Waals surface area contributed by atoms with E-state index in [-0.39, 0.29) is 0 Å². The summed E-state index contributed by atoms with van der Waals surface area (Å²) < 4.78 is 5.36. The Balaban J connectivity index is 1.21. The molecule has 1 aliphatic heterocycles. The summed E-state index contributed by atoms with van der Waals surface area (Å²) in [5.41, 5.74) is 0. The van der Waals surface area contributed by atoms with Gasteiger partial charge >= 0.3 is 0 Å². The maximum Gasteiger partial charge on any atom is 0.0594 e. The molecule has 3 rings (SSSR count). The summed E-state index contributed by atoms with van der Waals surface area (Å²) in [6.45, 7) is 7.86. The number of nitrogens with one attached hydrogen (secondary N) is 1. The number of nitrogens with zero attached hydrogens (tertiary/aromatic N) is 1. The smallest absolute Gasteiger partial charge is 0.0594 e. The van der Waals surface area contributed by atoms with Crippen molar-refractivity contribution in [2.24, 2.45) is 17.8 Å². The standard InChI is InChI=1S/C15H28N2O/c1-2-5-14-13(4-1)15(14)12-16-6-3-7-17-8-10-18-11-9-17/h13-16H,1-12H2. The lowest BCUT2D eigenvalue weighted by Gasteiger charge is -2.26. The van der Waals surface area contributed by atoms with Crippen molar-refractivity contribution in [1.82, 2.24) is 10.2 Å². The van der Waals surface area contributed by atoms with Crippen LogP contribution in [0.5, 0.6) is 0 Å². The van der Waals surface area contributed by atoms with Crippen molar-refractivity contribution >= 4 is 0 Å². The summed E-state index contributed by atoms with van der Waals surface area (Å²) >= 11 is 0. The number of hydrogen-bond donors (Lipinski definition) is 1. The third-order valence-electron chi connectivity index (χ3n) is 5.15. The second-order valence-corrected chi connectivity index (χ2v) is 6.29. The van der Waals surface area contributed by atoms with E-state index in [2.05, 4.69) is 10.2 Å². The molecule has 0 spiro atoms. The van der Waals surface area contributed by atoms with Crippen LogP contribution in [0.15, 0.2) is 0 Å². The SMILES string of the molecule is C1CCC2C(C1)C2CNCCCN1CCOCC1. The predicted octanol–water partition coefficient (Wildman–Crippen LogP) is 1.73. The predicted molar refractivity (Wildman–Crippen MR) is 73.7 cm³/mol. The zero-order valence-corrected chi connectivity index (χ0v) is 11.6. The number of fused-ring (bicyclic) bond motifs is 1.